The number of methoxy groups -OCH3 is 2. The zero-order valence-electron chi connectivity index (χ0n) is 19.3. The maximum atomic E-state index is 14.9. The smallest absolute Gasteiger partial charge is 0.146 e. The van der Waals surface area contributed by atoms with Crippen LogP contribution in [0.15, 0.2) is 43.0 Å². The molecule has 3 heterocycles. The predicted octanol–water partition coefficient (Wildman–Crippen LogP) is 3.50. The van der Waals surface area contributed by atoms with E-state index in [9.17, 15) is 9.50 Å². The van der Waals surface area contributed by atoms with Crippen molar-refractivity contribution >= 4 is 16.9 Å². The Morgan fingerprint density at radius 3 is 2.71 bits per heavy atom. The molecular formula is C24H27FN6O3. The zero-order valence-corrected chi connectivity index (χ0v) is 19.3. The second-order valence-electron chi connectivity index (χ2n) is 8.43. The van der Waals surface area contributed by atoms with Crippen LogP contribution >= 0.6 is 0 Å². The Labute approximate surface area is 196 Å². The number of nitrogens with zero attached hydrogens (tertiary/aromatic N) is 5. The highest BCUT2D eigenvalue weighted by Gasteiger charge is 2.37. The Hall–Kier alpha value is -3.66. The number of aliphatic hydroxyl groups excluding tert-OH is 1. The van der Waals surface area contributed by atoms with Gasteiger partial charge in [-0.3, -0.25) is 4.68 Å². The van der Waals surface area contributed by atoms with Gasteiger partial charge in [0.1, 0.15) is 35.5 Å². The Morgan fingerprint density at radius 2 is 2.03 bits per heavy atom. The van der Waals surface area contributed by atoms with Gasteiger partial charge in [0, 0.05) is 43.2 Å². The molecule has 3 aromatic heterocycles. The summed E-state index contributed by atoms with van der Waals surface area (Å²) in [6, 6.07) is 7.03. The predicted molar refractivity (Wildman–Crippen MR) is 126 cm³/mol. The van der Waals surface area contributed by atoms with Crippen molar-refractivity contribution in [2.75, 3.05) is 19.5 Å². The van der Waals surface area contributed by atoms with Gasteiger partial charge in [-0.2, -0.15) is 5.10 Å². The molecule has 3 atom stereocenters. The van der Waals surface area contributed by atoms with Crippen molar-refractivity contribution in [3.63, 3.8) is 0 Å². The number of alkyl halides is 1. The van der Waals surface area contributed by atoms with Crippen LogP contribution in [0.1, 0.15) is 24.4 Å². The quantitative estimate of drug-likeness (QED) is 0.430. The normalized spacial score (nSPS) is 20.1. The van der Waals surface area contributed by atoms with E-state index in [2.05, 4.69) is 20.4 Å². The average molecular weight is 467 g/mol. The van der Waals surface area contributed by atoms with Crippen LogP contribution in [-0.2, 0) is 13.6 Å². The van der Waals surface area contributed by atoms with Crippen LogP contribution in [0.25, 0.3) is 22.3 Å². The summed E-state index contributed by atoms with van der Waals surface area (Å²) in [5.74, 6) is 2.01. The lowest BCUT2D eigenvalue weighted by Crippen LogP contribution is -2.22. The summed E-state index contributed by atoms with van der Waals surface area (Å²) in [4.78, 5) is 9.00. The molecule has 34 heavy (non-hydrogen) atoms. The summed E-state index contributed by atoms with van der Waals surface area (Å²) in [6.07, 6.45) is 3.81. The first-order valence-corrected chi connectivity index (χ1v) is 11.1. The first-order chi connectivity index (χ1) is 16.5. The fourth-order valence-electron chi connectivity index (χ4n) is 4.61. The standard InChI is InChI=1S/C24H27FN6O3/c1-30-9-8-17(29-30)16-12-31(18-6-7-19(32)22(18)25)24-21(16)23(27-13-28-24)26-11-14-4-5-15(33-2)10-20(14)34-3/h4-5,8-10,12-13,18-19,22,32H,6-7,11H2,1-3H3,(H,26,27,28). The second kappa shape index (κ2) is 8.94. The van der Waals surface area contributed by atoms with E-state index < -0.39 is 18.3 Å². The Balaban J connectivity index is 1.58. The molecule has 0 saturated heterocycles. The second-order valence-corrected chi connectivity index (χ2v) is 8.43. The van der Waals surface area contributed by atoms with Crippen LogP contribution in [0, 0.1) is 0 Å². The molecule has 4 aromatic rings. The number of aromatic nitrogens is 5. The average Bonchev–Trinajstić information content (AvgIpc) is 3.55. The van der Waals surface area contributed by atoms with Gasteiger partial charge < -0.3 is 24.5 Å². The lowest BCUT2D eigenvalue weighted by molar-refractivity contribution is 0.0869. The highest BCUT2D eigenvalue weighted by Crippen LogP contribution is 2.40. The molecule has 0 aliphatic heterocycles. The van der Waals surface area contributed by atoms with Gasteiger partial charge in [-0.1, -0.05) is 0 Å². The molecule has 9 nitrogen and oxygen atoms in total. The van der Waals surface area contributed by atoms with E-state index in [4.69, 9.17) is 9.47 Å². The SMILES string of the molecule is COc1ccc(CNc2ncnc3c2c(-c2ccn(C)n2)cn3C2CCC(O)C2F)c(OC)c1. The van der Waals surface area contributed by atoms with Crippen LogP contribution in [0.2, 0.25) is 0 Å². The summed E-state index contributed by atoms with van der Waals surface area (Å²) in [6.45, 7) is 0.444. The highest BCUT2D eigenvalue weighted by molar-refractivity contribution is 6.00. The molecule has 0 spiro atoms. The van der Waals surface area contributed by atoms with E-state index in [1.54, 1.807) is 18.9 Å². The van der Waals surface area contributed by atoms with Crippen LogP contribution in [-0.4, -0.2) is 55.9 Å². The topological polar surface area (TPSA) is 99.2 Å². The summed E-state index contributed by atoms with van der Waals surface area (Å²) < 4.78 is 29.2. The molecule has 1 fully saturated rings. The third kappa shape index (κ3) is 3.83. The molecule has 5 rings (SSSR count). The molecule has 3 unspecified atom stereocenters. The number of rotatable bonds is 7. The number of hydrogen-bond acceptors (Lipinski definition) is 7. The third-order valence-electron chi connectivity index (χ3n) is 6.39. The van der Waals surface area contributed by atoms with Crippen molar-refractivity contribution in [3.8, 4) is 22.8 Å². The highest BCUT2D eigenvalue weighted by atomic mass is 19.1. The van der Waals surface area contributed by atoms with Crippen LogP contribution < -0.4 is 14.8 Å². The van der Waals surface area contributed by atoms with Crippen LogP contribution in [0.5, 0.6) is 11.5 Å². The minimum absolute atomic E-state index is 0.415. The van der Waals surface area contributed by atoms with Gasteiger partial charge in [0.15, 0.2) is 0 Å². The molecule has 10 heteroatoms. The summed E-state index contributed by atoms with van der Waals surface area (Å²) >= 11 is 0. The summed E-state index contributed by atoms with van der Waals surface area (Å²) in [5, 5.41) is 18.7. The Kier molecular flexibility index (Phi) is 5.82. The first-order valence-electron chi connectivity index (χ1n) is 11.1. The van der Waals surface area contributed by atoms with Crippen molar-refractivity contribution in [2.24, 2.45) is 7.05 Å². The number of fused-ring (bicyclic) bond motifs is 1. The van der Waals surface area contributed by atoms with Crippen molar-refractivity contribution in [3.05, 3.63) is 48.5 Å². The fraction of sp³-hybridized carbons (Fsp3) is 0.375. The Bertz CT molecular complexity index is 1320. The number of hydrogen-bond donors (Lipinski definition) is 2. The number of anilines is 1. The van der Waals surface area contributed by atoms with Gasteiger partial charge in [0.2, 0.25) is 0 Å². The van der Waals surface area contributed by atoms with E-state index in [1.165, 1.54) is 6.33 Å². The van der Waals surface area contributed by atoms with Crippen molar-refractivity contribution in [1.82, 2.24) is 24.3 Å². The number of ether oxygens (including phenoxy) is 2. The zero-order chi connectivity index (χ0) is 23.8. The Morgan fingerprint density at radius 1 is 1.18 bits per heavy atom. The maximum Gasteiger partial charge on any atom is 0.146 e. The van der Waals surface area contributed by atoms with Gasteiger partial charge in [-0.15, -0.1) is 0 Å². The third-order valence-corrected chi connectivity index (χ3v) is 6.39. The van der Waals surface area contributed by atoms with Crippen molar-refractivity contribution < 1.29 is 19.0 Å². The number of nitrogens with one attached hydrogen (secondary N) is 1. The molecular weight excluding hydrogens is 439 g/mol. The number of aliphatic hydroxyl groups is 1. The van der Waals surface area contributed by atoms with Gasteiger partial charge in [-0.25, -0.2) is 14.4 Å². The first kappa shape index (κ1) is 22.1. The maximum absolute atomic E-state index is 14.9. The van der Waals surface area contributed by atoms with Gasteiger partial charge in [-0.05, 0) is 31.0 Å². The van der Waals surface area contributed by atoms with Gasteiger partial charge >= 0.3 is 0 Å². The molecule has 178 valence electrons. The summed E-state index contributed by atoms with van der Waals surface area (Å²) in [7, 11) is 5.07. The molecule has 0 amide bonds. The van der Waals surface area contributed by atoms with Gasteiger partial charge in [0.25, 0.3) is 0 Å². The van der Waals surface area contributed by atoms with E-state index in [1.807, 2.05) is 48.3 Å². The lowest BCUT2D eigenvalue weighted by atomic mass is 10.1. The number of halogens is 1. The van der Waals surface area contributed by atoms with Crippen LogP contribution in [0.4, 0.5) is 10.2 Å². The minimum Gasteiger partial charge on any atom is -0.497 e. The molecule has 1 aliphatic carbocycles. The molecule has 1 saturated carbocycles. The molecule has 1 aromatic carbocycles. The lowest BCUT2D eigenvalue weighted by Gasteiger charge is -2.17. The fourth-order valence-corrected chi connectivity index (χ4v) is 4.61. The van der Waals surface area contributed by atoms with Crippen LogP contribution in [0.3, 0.4) is 0 Å². The van der Waals surface area contributed by atoms with E-state index in [0.717, 1.165) is 22.2 Å². The van der Waals surface area contributed by atoms with E-state index >= 15 is 0 Å². The molecule has 0 bridgehead atoms. The molecule has 2 N–H and O–H groups in total. The summed E-state index contributed by atoms with van der Waals surface area (Å²) in [5.41, 5.74) is 3.06. The molecule has 1 aliphatic rings. The van der Waals surface area contributed by atoms with E-state index in [-0.39, 0.29) is 0 Å². The largest absolute Gasteiger partial charge is 0.497 e. The van der Waals surface area contributed by atoms with E-state index in [0.29, 0.717) is 42.4 Å². The van der Waals surface area contributed by atoms with Gasteiger partial charge in [0.05, 0.1) is 37.4 Å². The van der Waals surface area contributed by atoms with Crippen molar-refractivity contribution in [2.45, 2.75) is 37.7 Å². The minimum atomic E-state index is -1.36. The molecule has 0 radical (unpaired) electrons. The monoisotopic (exact) mass is 466 g/mol. The van der Waals surface area contributed by atoms with Crippen molar-refractivity contribution in [1.29, 1.82) is 0 Å². The number of aryl methyl sites for hydroxylation is 1. The number of benzene rings is 1.